The molecule has 0 heterocycles. The van der Waals surface area contributed by atoms with Crippen LogP contribution in [0.15, 0.2) is 0 Å². The fraction of sp³-hybridized carbons (Fsp3) is 0.857. The smallest absolute Gasteiger partial charge is 0.404 e. The van der Waals surface area contributed by atoms with Crippen LogP contribution in [0.5, 0.6) is 0 Å². The summed E-state index contributed by atoms with van der Waals surface area (Å²) in [6.07, 6.45) is 2.33. The Labute approximate surface area is 65.9 Å². The van der Waals surface area contributed by atoms with E-state index in [4.69, 9.17) is 16.2 Å². The molecule has 4 nitrogen and oxygen atoms in total. The van der Waals surface area contributed by atoms with E-state index >= 15 is 0 Å². The Hall–Kier alpha value is -0.770. The first-order valence-corrected chi connectivity index (χ1v) is 3.90. The molecule has 1 saturated carbocycles. The van der Waals surface area contributed by atoms with Crippen molar-refractivity contribution < 1.29 is 9.53 Å². The van der Waals surface area contributed by atoms with Gasteiger partial charge in [0.2, 0.25) is 0 Å². The maximum Gasteiger partial charge on any atom is 0.404 e. The zero-order valence-electron chi connectivity index (χ0n) is 6.45. The lowest BCUT2D eigenvalue weighted by molar-refractivity contribution is 0.0855. The maximum atomic E-state index is 10.4. The van der Waals surface area contributed by atoms with Gasteiger partial charge in [-0.25, -0.2) is 4.79 Å². The second kappa shape index (κ2) is 3.57. The van der Waals surface area contributed by atoms with E-state index in [1.807, 2.05) is 0 Å². The minimum Gasteiger partial charge on any atom is -0.446 e. The Morgan fingerprint density at radius 2 is 2.27 bits per heavy atom. The summed E-state index contributed by atoms with van der Waals surface area (Å²) in [6.45, 7) is 0.581. The summed E-state index contributed by atoms with van der Waals surface area (Å²) in [4.78, 5) is 10.4. The summed E-state index contributed by atoms with van der Waals surface area (Å²) in [6, 6.07) is 0. The molecule has 1 fully saturated rings. The van der Waals surface area contributed by atoms with Gasteiger partial charge in [0.25, 0.3) is 0 Å². The molecular formula is C7H14N2O2. The summed E-state index contributed by atoms with van der Waals surface area (Å²) in [7, 11) is 0. The third-order valence-electron chi connectivity index (χ3n) is 2.16. The monoisotopic (exact) mass is 158 g/mol. The van der Waals surface area contributed by atoms with E-state index in [-0.39, 0.29) is 6.10 Å². The molecule has 0 radical (unpaired) electrons. The van der Waals surface area contributed by atoms with E-state index < -0.39 is 6.09 Å². The zero-order valence-corrected chi connectivity index (χ0v) is 6.45. The van der Waals surface area contributed by atoms with Gasteiger partial charge in [0.15, 0.2) is 0 Å². The summed E-state index contributed by atoms with van der Waals surface area (Å²) in [5.41, 5.74) is 10.4. The van der Waals surface area contributed by atoms with Crippen LogP contribution in [0.1, 0.15) is 19.3 Å². The molecule has 0 aromatic carbocycles. The van der Waals surface area contributed by atoms with E-state index in [0.717, 1.165) is 19.3 Å². The van der Waals surface area contributed by atoms with Crippen molar-refractivity contribution in [1.29, 1.82) is 0 Å². The van der Waals surface area contributed by atoms with Crippen molar-refractivity contribution in [3.63, 3.8) is 0 Å². The van der Waals surface area contributed by atoms with Crippen LogP contribution < -0.4 is 11.5 Å². The molecule has 0 spiro atoms. The van der Waals surface area contributed by atoms with Crippen LogP contribution in [0.25, 0.3) is 0 Å². The van der Waals surface area contributed by atoms with Crippen LogP contribution in [-0.2, 0) is 4.74 Å². The lowest BCUT2D eigenvalue weighted by Crippen LogP contribution is -2.29. The van der Waals surface area contributed by atoms with Gasteiger partial charge in [-0.2, -0.15) is 0 Å². The molecule has 1 rings (SSSR count). The fourth-order valence-corrected chi connectivity index (χ4v) is 1.58. The Balaban J connectivity index is 2.37. The third-order valence-corrected chi connectivity index (χ3v) is 2.16. The Morgan fingerprint density at radius 1 is 1.55 bits per heavy atom. The highest BCUT2D eigenvalue weighted by molar-refractivity contribution is 5.64. The number of carbonyl (C=O) groups excluding carboxylic acids is 1. The van der Waals surface area contributed by atoms with Crippen molar-refractivity contribution in [2.24, 2.45) is 17.4 Å². The van der Waals surface area contributed by atoms with Gasteiger partial charge >= 0.3 is 6.09 Å². The predicted molar refractivity (Wildman–Crippen MR) is 40.9 cm³/mol. The number of carbonyl (C=O) groups is 1. The van der Waals surface area contributed by atoms with E-state index in [9.17, 15) is 4.79 Å². The minimum absolute atomic E-state index is 0.0301. The highest BCUT2D eigenvalue weighted by atomic mass is 16.6. The zero-order chi connectivity index (χ0) is 8.27. The predicted octanol–water partition coefficient (Wildman–Crippen LogP) is 0.209. The lowest BCUT2D eigenvalue weighted by atomic mass is 10.1. The SMILES string of the molecule is NCC1CCCC1OC(N)=O. The molecular weight excluding hydrogens is 144 g/mol. The lowest BCUT2D eigenvalue weighted by Gasteiger charge is -2.16. The van der Waals surface area contributed by atoms with Crippen LogP contribution in [0.2, 0.25) is 0 Å². The van der Waals surface area contributed by atoms with Gasteiger partial charge in [-0.05, 0) is 25.8 Å². The first-order chi connectivity index (χ1) is 5.24. The molecule has 2 unspecified atom stereocenters. The van der Waals surface area contributed by atoms with Crippen LogP contribution >= 0.6 is 0 Å². The topological polar surface area (TPSA) is 78.3 Å². The van der Waals surface area contributed by atoms with Crippen LogP contribution in [0, 0.1) is 5.92 Å². The Kier molecular flexibility index (Phi) is 2.70. The minimum atomic E-state index is -0.685. The molecule has 64 valence electrons. The number of hydrogen-bond acceptors (Lipinski definition) is 3. The van der Waals surface area contributed by atoms with Gasteiger partial charge in [-0.3, -0.25) is 0 Å². The molecule has 4 N–H and O–H groups in total. The highest BCUT2D eigenvalue weighted by Crippen LogP contribution is 2.26. The molecule has 1 aliphatic rings. The molecule has 0 aromatic rings. The molecule has 0 bridgehead atoms. The van der Waals surface area contributed by atoms with Crippen molar-refractivity contribution >= 4 is 6.09 Å². The number of nitrogens with two attached hydrogens (primary N) is 2. The number of hydrogen-bond donors (Lipinski definition) is 2. The van der Waals surface area contributed by atoms with E-state index in [0.29, 0.717) is 12.5 Å². The molecule has 11 heavy (non-hydrogen) atoms. The van der Waals surface area contributed by atoms with Gasteiger partial charge in [0.05, 0.1) is 0 Å². The average Bonchev–Trinajstić information content (AvgIpc) is 2.34. The first kappa shape index (κ1) is 8.33. The number of rotatable bonds is 2. The van der Waals surface area contributed by atoms with E-state index in [1.165, 1.54) is 0 Å². The maximum absolute atomic E-state index is 10.4. The largest absolute Gasteiger partial charge is 0.446 e. The van der Waals surface area contributed by atoms with E-state index in [1.54, 1.807) is 0 Å². The van der Waals surface area contributed by atoms with Crippen molar-refractivity contribution in [1.82, 2.24) is 0 Å². The third kappa shape index (κ3) is 2.08. The molecule has 1 amide bonds. The quantitative estimate of drug-likeness (QED) is 0.603. The molecule has 1 aliphatic carbocycles. The van der Waals surface area contributed by atoms with Crippen molar-refractivity contribution in [3.05, 3.63) is 0 Å². The normalized spacial score (nSPS) is 30.3. The van der Waals surface area contributed by atoms with Crippen LogP contribution in [0.4, 0.5) is 4.79 Å². The van der Waals surface area contributed by atoms with Gasteiger partial charge in [0.1, 0.15) is 6.10 Å². The second-order valence-corrected chi connectivity index (χ2v) is 2.90. The van der Waals surface area contributed by atoms with Crippen LogP contribution in [0.3, 0.4) is 0 Å². The second-order valence-electron chi connectivity index (χ2n) is 2.90. The first-order valence-electron chi connectivity index (χ1n) is 3.90. The highest BCUT2D eigenvalue weighted by Gasteiger charge is 2.28. The summed E-state index contributed by atoms with van der Waals surface area (Å²) in [5.74, 6) is 0.322. The Bertz CT molecular complexity index is 149. The van der Waals surface area contributed by atoms with Gasteiger partial charge < -0.3 is 16.2 Å². The van der Waals surface area contributed by atoms with Crippen molar-refractivity contribution in [3.8, 4) is 0 Å². The van der Waals surface area contributed by atoms with Crippen molar-refractivity contribution in [2.45, 2.75) is 25.4 Å². The number of primary amides is 1. The van der Waals surface area contributed by atoms with E-state index in [2.05, 4.69) is 0 Å². The molecule has 0 aliphatic heterocycles. The summed E-state index contributed by atoms with van der Waals surface area (Å²) in [5, 5.41) is 0. The summed E-state index contributed by atoms with van der Waals surface area (Å²) >= 11 is 0. The molecule has 0 aromatic heterocycles. The van der Waals surface area contributed by atoms with Gasteiger partial charge in [-0.15, -0.1) is 0 Å². The number of ether oxygens (including phenoxy) is 1. The fourth-order valence-electron chi connectivity index (χ4n) is 1.58. The summed E-state index contributed by atoms with van der Waals surface area (Å²) < 4.78 is 4.87. The standard InChI is InChI=1S/C7H14N2O2/c8-4-5-2-1-3-6(5)11-7(9)10/h5-6H,1-4,8H2,(H2,9,10). The van der Waals surface area contributed by atoms with Gasteiger partial charge in [-0.1, -0.05) is 0 Å². The average molecular weight is 158 g/mol. The molecule has 2 atom stereocenters. The van der Waals surface area contributed by atoms with Gasteiger partial charge in [0, 0.05) is 5.92 Å². The molecule has 0 saturated heterocycles. The number of amides is 1. The molecule has 4 heteroatoms. The van der Waals surface area contributed by atoms with Crippen molar-refractivity contribution in [2.75, 3.05) is 6.54 Å². The van der Waals surface area contributed by atoms with Crippen LogP contribution in [-0.4, -0.2) is 18.7 Å². The Morgan fingerprint density at radius 3 is 2.82 bits per heavy atom.